The molecule has 0 heterocycles. The normalized spacial score (nSPS) is 9.31. The van der Waals surface area contributed by atoms with E-state index in [0.717, 1.165) is 5.75 Å². The van der Waals surface area contributed by atoms with Gasteiger partial charge in [0.25, 0.3) is 0 Å². The highest BCUT2D eigenvalue weighted by molar-refractivity contribution is 5.69. The summed E-state index contributed by atoms with van der Waals surface area (Å²) >= 11 is 0. The first kappa shape index (κ1) is 9.58. The first-order chi connectivity index (χ1) is 6.33. The number of hydrogen-bond donors (Lipinski definition) is 0. The van der Waals surface area contributed by atoms with Crippen LogP contribution in [0.15, 0.2) is 30.3 Å². The first-order valence-electron chi connectivity index (χ1n) is 4.07. The van der Waals surface area contributed by atoms with Gasteiger partial charge in [-0.1, -0.05) is 18.2 Å². The molecule has 0 aliphatic rings. The molecule has 0 bridgehead atoms. The maximum atomic E-state index is 10.7. The van der Waals surface area contributed by atoms with Crippen LogP contribution >= 0.6 is 0 Å². The molecule has 1 aromatic rings. The summed E-state index contributed by atoms with van der Waals surface area (Å²) in [6, 6.07) is 9.36. The maximum absolute atomic E-state index is 10.7. The molecule has 0 atom stereocenters. The summed E-state index contributed by atoms with van der Waals surface area (Å²) in [5.41, 5.74) is 0. The average Bonchev–Trinajstić information content (AvgIpc) is 2.19. The van der Waals surface area contributed by atoms with Gasteiger partial charge in [0, 0.05) is 0 Å². The fourth-order valence-corrected chi connectivity index (χ4v) is 0.871. The van der Waals surface area contributed by atoms with Crippen molar-refractivity contribution < 1.29 is 14.3 Å². The van der Waals surface area contributed by atoms with Crippen molar-refractivity contribution in [3.8, 4) is 5.75 Å². The van der Waals surface area contributed by atoms with Crippen LogP contribution in [0.1, 0.15) is 6.42 Å². The SMILES string of the molecule is COC(=O)CCOc1ccccc1. The number of carbonyl (C=O) groups is 1. The number of para-hydroxylation sites is 1. The van der Waals surface area contributed by atoms with Gasteiger partial charge >= 0.3 is 5.97 Å². The van der Waals surface area contributed by atoms with Gasteiger partial charge < -0.3 is 9.47 Å². The lowest BCUT2D eigenvalue weighted by molar-refractivity contribution is -0.141. The van der Waals surface area contributed by atoms with Crippen molar-refractivity contribution in [1.29, 1.82) is 0 Å². The Labute approximate surface area is 77.3 Å². The molecule has 1 rings (SSSR count). The van der Waals surface area contributed by atoms with Crippen LogP contribution in [-0.4, -0.2) is 19.7 Å². The molecule has 0 radical (unpaired) electrons. The fraction of sp³-hybridized carbons (Fsp3) is 0.300. The van der Waals surface area contributed by atoms with Crippen LogP contribution in [0, 0.1) is 0 Å². The standard InChI is InChI=1S/C10H12O3/c1-12-10(11)7-8-13-9-5-3-2-4-6-9/h2-6H,7-8H2,1H3. The number of benzene rings is 1. The van der Waals surface area contributed by atoms with Gasteiger partial charge in [0.2, 0.25) is 0 Å². The minimum absolute atomic E-state index is 0.254. The Morgan fingerprint density at radius 3 is 2.62 bits per heavy atom. The second-order valence-electron chi connectivity index (χ2n) is 2.49. The molecule has 0 aliphatic heterocycles. The third-order valence-electron chi connectivity index (χ3n) is 1.55. The van der Waals surface area contributed by atoms with Crippen LogP contribution in [0.3, 0.4) is 0 Å². The van der Waals surface area contributed by atoms with Crippen molar-refractivity contribution in [3.63, 3.8) is 0 Å². The number of carbonyl (C=O) groups excluding carboxylic acids is 1. The van der Waals surface area contributed by atoms with E-state index in [1.807, 2.05) is 30.3 Å². The van der Waals surface area contributed by atoms with Gasteiger partial charge in [-0.15, -0.1) is 0 Å². The Balaban J connectivity index is 2.24. The van der Waals surface area contributed by atoms with Crippen LogP contribution in [0.4, 0.5) is 0 Å². The Morgan fingerprint density at radius 1 is 1.31 bits per heavy atom. The molecule has 0 amide bonds. The zero-order valence-electron chi connectivity index (χ0n) is 7.53. The minimum atomic E-state index is -0.254. The fourth-order valence-electron chi connectivity index (χ4n) is 0.871. The topological polar surface area (TPSA) is 35.5 Å². The molecule has 1 aromatic carbocycles. The maximum Gasteiger partial charge on any atom is 0.308 e. The highest BCUT2D eigenvalue weighted by atomic mass is 16.5. The zero-order chi connectivity index (χ0) is 9.52. The predicted molar refractivity (Wildman–Crippen MR) is 48.6 cm³/mol. The highest BCUT2D eigenvalue weighted by Crippen LogP contribution is 2.08. The number of ether oxygens (including phenoxy) is 2. The van der Waals surface area contributed by atoms with Gasteiger partial charge in [0.05, 0.1) is 20.1 Å². The van der Waals surface area contributed by atoms with Gasteiger partial charge in [-0.3, -0.25) is 4.79 Å². The van der Waals surface area contributed by atoms with E-state index in [1.54, 1.807) is 0 Å². The molecule has 0 unspecified atom stereocenters. The lowest BCUT2D eigenvalue weighted by Crippen LogP contribution is -2.07. The van der Waals surface area contributed by atoms with Crippen LogP contribution in [-0.2, 0) is 9.53 Å². The summed E-state index contributed by atoms with van der Waals surface area (Å²) in [5, 5.41) is 0. The average molecular weight is 180 g/mol. The van der Waals surface area contributed by atoms with Crippen LogP contribution in [0.25, 0.3) is 0 Å². The minimum Gasteiger partial charge on any atom is -0.493 e. The monoisotopic (exact) mass is 180 g/mol. The zero-order valence-corrected chi connectivity index (χ0v) is 7.53. The molecule has 0 saturated heterocycles. The molecule has 3 nitrogen and oxygen atoms in total. The van der Waals surface area contributed by atoms with E-state index in [-0.39, 0.29) is 12.4 Å². The largest absolute Gasteiger partial charge is 0.493 e. The molecule has 0 saturated carbocycles. The predicted octanol–water partition coefficient (Wildman–Crippen LogP) is 1.63. The lowest BCUT2D eigenvalue weighted by Gasteiger charge is -2.03. The third-order valence-corrected chi connectivity index (χ3v) is 1.55. The van der Waals surface area contributed by atoms with Crippen LogP contribution in [0.5, 0.6) is 5.75 Å². The summed E-state index contributed by atoms with van der Waals surface area (Å²) in [4.78, 5) is 10.7. The third kappa shape index (κ3) is 3.60. The van der Waals surface area contributed by atoms with Crippen molar-refractivity contribution in [2.75, 3.05) is 13.7 Å². The van der Waals surface area contributed by atoms with E-state index >= 15 is 0 Å². The molecule has 0 aliphatic carbocycles. The quantitative estimate of drug-likeness (QED) is 0.660. The Hall–Kier alpha value is -1.51. The second-order valence-corrected chi connectivity index (χ2v) is 2.49. The summed E-state index contributed by atoms with van der Waals surface area (Å²) in [6.07, 6.45) is 0.283. The molecule has 70 valence electrons. The number of esters is 1. The van der Waals surface area contributed by atoms with E-state index in [9.17, 15) is 4.79 Å². The van der Waals surface area contributed by atoms with Crippen LogP contribution in [0.2, 0.25) is 0 Å². The van der Waals surface area contributed by atoms with E-state index in [2.05, 4.69) is 4.74 Å². The smallest absolute Gasteiger partial charge is 0.308 e. The van der Waals surface area contributed by atoms with E-state index in [0.29, 0.717) is 6.61 Å². The van der Waals surface area contributed by atoms with Gasteiger partial charge in [0.15, 0.2) is 0 Å². The van der Waals surface area contributed by atoms with Gasteiger partial charge in [0.1, 0.15) is 5.75 Å². The summed E-state index contributed by atoms with van der Waals surface area (Å²) < 4.78 is 9.75. The first-order valence-corrected chi connectivity index (χ1v) is 4.07. The molecule has 0 aromatic heterocycles. The van der Waals surface area contributed by atoms with E-state index in [1.165, 1.54) is 7.11 Å². The summed E-state index contributed by atoms with van der Waals surface area (Å²) in [5.74, 6) is 0.516. The lowest BCUT2D eigenvalue weighted by atomic mass is 10.3. The van der Waals surface area contributed by atoms with Crippen molar-refractivity contribution in [2.45, 2.75) is 6.42 Å². The van der Waals surface area contributed by atoms with Crippen molar-refractivity contribution in [3.05, 3.63) is 30.3 Å². The van der Waals surface area contributed by atoms with Gasteiger partial charge in [-0.2, -0.15) is 0 Å². The van der Waals surface area contributed by atoms with Crippen molar-refractivity contribution >= 4 is 5.97 Å². The van der Waals surface area contributed by atoms with Crippen LogP contribution < -0.4 is 4.74 Å². The molecular weight excluding hydrogens is 168 g/mol. The number of methoxy groups -OCH3 is 1. The Morgan fingerprint density at radius 2 is 2.00 bits per heavy atom. The van der Waals surface area contributed by atoms with Gasteiger partial charge in [-0.05, 0) is 12.1 Å². The molecule has 0 spiro atoms. The molecule has 13 heavy (non-hydrogen) atoms. The van der Waals surface area contributed by atoms with E-state index in [4.69, 9.17) is 4.74 Å². The molecule has 3 heteroatoms. The number of rotatable bonds is 4. The second kappa shape index (κ2) is 5.19. The van der Waals surface area contributed by atoms with Crippen molar-refractivity contribution in [2.24, 2.45) is 0 Å². The molecule has 0 N–H and O–H groups in total. The number of hydrogen-bond acceptors (Lipinski definition) is 3. The van der Waals surface area contributed by atoms with Gasteiger partial charge in [-0.25, -0.2) is 0 Å². The highest BCUT2D eigenvalue weighted by Gasteiger charge is 1.99. The molecular formula is C10H12O3. The Bertz CT molecular complexity index is 256. The van der Waals surface area contributed by atoms with Crippen molar-refractivity contribution in [1.82, 2.24) is 0 Å². The van der Waals surface area contributed by atoms with E-state index < -0.39 is 0 Å². The molecule has 0 fully saturated rings. The Kier molecular flexibility index (Phi) is 3.82. The summed E-state index contributed by atoms with van der Waals surface area (Å²) in [7, 11) is 1.37. The summed E-state index contributed by atoms with van der Waals surface area (Å²) in [6.45, 7) is 0.358.